The molecule has 1 heterocycles. The lowest BCUT2D eigenvalue weighted by molar-refractivity contribution is 0.0476. The van der Waals surface area contributed by atoms with Crippen molar-refractivity contribution in [2.24, 2.45) is 0 Å². The third kappa shape index (κ3) is 4.89. The number of hydrogen-bond acceptors (Lipinski definition) is 5. The van der Waals surface area contributed by atoms with Crippen molar-refractivity contribution in [2.75, 3.05) is 13.7 Å². The number of carbonyl (C=O) groups excluding carboxylic acids is 2. The third-order valence-electron chi connectivity index (χ3n) is 4.88. The Morgan fingerprint density at radius 2 is 1.56 bits per heavy atom. The lowest BCUT2D eigenvalue weighted by Gasteiger charge is -2.11. The van der Waals surface area contributed by atoms with Gasteiger partial charge in [-0.3, -0.25) is 4.79 Å². The van der Waals surface area contributed by atoms with Crippen molar-refractivity contribution in [3.63, 3.8) is 0 Å². The van der Waals surface area contributed by atoms with Crippen molar-refractivity contribution in [2.45, 2.75) is 0 Å². The Bertz CT molecular complexity index is 1300. The van der Waals surface area contributed by atoms with Crippen LogP contribution < -0.4 is 4.74 Å². The molecule has 7 heteroatoms. The molecule has 0 radical (unpaired) electrons. The van der Waals surface area contributed by atoms with E-state index in [1.54, 1.807) is 37.4 Å². The molecule has 32 heavy (non-hydrogen) atoms. The number of hydrogen-bond donors (Lipinski definition) is 0. The summed E-state index contributed by atoms with van der Waals surface area (Å²) in [4.78, 5) is 30.1. The lowest BCUT2D eigenvalue weighted by atomic mass is 10.0. The van der Waals surface area contributed by atoms with E-state index in [2.05, 4.69) is 31.9 Å². The van der Waals surface area contributed by atoms with Gasteiger partial charge in [0.15, 0.2) is 12.4 Å². The summed E-state index contributed by atoms with van der Waals surface area (Å²) in [5, 5.41) is 0.637. The number of ketones is 1. The summed E-state index contributed by atoms with van der Waals surface area (Å²) < 4.78 is 12.3. The predicted molar refractivity (Wildman–Crippen MR) is 130 cm³/mol. The van der Waals surface area contributed by atoms with E-state index in [1.807, 2.05) is 42.5 Å². The highest BCUT2D eigenvalue weighted by atomic mass is 79.9. The van der Waals surface area contributed by atoms with E-state index in [0.29, 0.717) is 27.7 Å². The molecule has 4 rings (SSSR count). The first-order chi connectivity index (χ1) is 15.4. The predicted octanol–water partition coefficient (Wildman–Crippen LogP) is 6.48. The molecule has 5 nitrogen and oxygen atoms in total. The van der Waals surface area contributed by atoms with Gasteiger partial charge in [0.25, 0.3) is 0 Å². The fraction of sp³-hybridized carbons (Fsp3) is 0.0800. The van der Waals surface area contributed by atoms with Crippen molar-refractivity contribution in [1.29, 1.82) is 0 Å². The molecule has 0 N–H and O–H groups in total. The Hall–Kier alpha value is -3.03. The zero-order valence-corrected chi connectivity index (χ0v) is 20.1. The zero-order valence-electron chi connectivity index (χ0n) is 17.0. The summed E-state index contributed by atoms with van der Waals surface area (Å²) >= 11 is 6.78. The maximum absolute atomic E-state index is 13.0. The first kappa shape index (κ1) is 22.2. The number of aromatic nitrogens is 1. The topological polar surface area (TPSA) is 65.5 Å². The normalized spacial score (nSPS) is 10.7. The van der Waals surface area contributed by atoms with Crippen LogP contribution in [-0.4, -0.2) is 30.5 Å². The van der Waals surface area contributed by atoms with Crippen LogP contribution in [0.2, 0.25) is 0 Å². The highest BCUT2D eigenvalue weighted by Crippen LogP contribution is 2.28. The molecule has 0 aliphatic carbocycles. The van der Waals surface area contributed by atoms with E-state index in [1.165, 1.54) is 0 Å². The Morgan fingerprint density at radius 1 is 0.875 bits per heavy atom. The second kappa shape index (κ2) is 9.63. The molecule has 0 atom stereocenters. The summed E-state index contributed by atoms with van der Waals surface area (Å²) in [5.41, 5.74) is 2.91. The number of ether oxygens (including phenoxy) is 2. The molecule has 1 aromatic heterocycles. The number of benzene rings is 3. The molecule has 0 unspecified atom stereocenters. The molecule has 0 saturated carbocycles. The SMILES string of the molecule is COc1ccc(-c2cc(C(=O)OCC(=O)c3ccc(Br)cc3)c3cc(Br)ccc3n2)cc1. The van der Waals surface area contributed by atoms with E-state index in [9.17, 15) is 9.59 Å². The monoisotopic (exact) mass is 553 g/mol. The smallest absolute Gasteiger partial charge is 0.339 e. The van der Waals surface area contributed by atoms with Crippen LogP contribution in [0, 0.1) is 0 Å². The van der Waals surface area contributed by atoms with Crippen LogP contribution in [0.1, 0.15) is 20.7 Å². The number of carbonyl (C=O) groups is 2. The molecule has 160 valence electrons. The molecule has 3 aromatic carbocycles. The largest absolute Gasteiger partial charge is 0.497 e. The van der Waals surface area contributed by atoms with Gasteiger partial charge >= 0.3 is 5.97 Å². The van der Waals surface area contributed by atoms with Crippen LogP contribution in [0.3, 0.4) is 0 Å². The van der Waals surface area contributed by atoms with Crippen LogP contribution in [0.15, 0.2) is 81.7 Å². The van der Waals surface area contributed by atoms with Gasteiger partial charge in [0.1, 0.15) is 5.75 Å². The minimum absolute atomic E-state index is 0.277. The summed E-state index contributed by atoms with van der Waals surface area (Å²) in [5.74, 6) is -0.138. The molecule has 0 amide bonds. The van der Waals surface area contributed by atoms with E-state index in [0.717, 1.165) is 20.3 Å². The van der Waals surface area contributed by atoms with Gasteiger partial charge in [-0.15, -0.1) is 0 Å². The van der Waals surface area contributed by atoms with Gasteiger partial charge in [-0.05, 0) is 60.7 Å². The number of rotatable bonds is 6. The van der Waals surface area contributed by atoms with Crippen molar-refractivity contribution in [1.82, 2.24) is 4.98 Å². The molecular weight excluding hydrogens is 538 g/mol. The molecule has 0 bridgehead atoms. The van der Waals surface area contributed by atoms with Crippen molar-refractivity contribution in [3.05, 3.63) is 92.9 Å². The van der Waals surface area contributed by atoms with Gasteiger partial charge < -0.3 is 9.47 Å². The summed E-state index contributed by atoms with van der Waals surface area (Å²) in [6.45, 7) is -0.351. The Kier molecular flexibility index (Phi) is 6.67. The maximum atomic E-state index is 13.0. The van der Waals surface area contributed by atoms with Gasteiger partial charge in [-0.1, -0.05) is 44.0 Å². The summed E-state index contributed by atoms with van der Waals surface area (Å²) in [6.07, 6.45) is 0. The minimum atomic E-state index is -0.587. The van der Waals surface area contributed by atoms with Crippen LogP contribution in [-0.2, 0) is 4.74 Å². The van der Waals surface area contributed by atoms with E-state index in [4.69, 9.17) is 14.5 Å². The van der Waals surface area contributed by atoms with Gasteiger partial charge in [0, 0.05) is 25.5 Å². The fourth-order valence-corrected chi connectivity index (χ4v) is 3.83. The number of fused-ring (bicyclic) bond motifs is 1. The number of pyridine rings is 1. The van der Waals surface area contributed by atoms with Crippen LogP contribution in [0.25, 0.3) is 22.2 Å². The zero-order chi connectivity index (χ0) is 22.7. The fourth-order valence-electron chi connectivity index (χ4n) is 3.20. The second-order valence-corrected chi connectivity index (χ2v) is 8.78. The standard InChI is InChI=1S/C25H17Br2NO4/c1-31-19-9-4-15(5-10-19)23-13-21(20-12-18(27)8-11-22(20)28-23)25(30)32-14-24(29)16-2-6-17(26)7-3-16/h2-13H,14H2,1H3. The van der Waals surface area contributed by atoms with Crippen molar-refractivity contribution < 1.29 is 19.1 Å². The minimum Gasteiger partial charge on any atom is -0.497 e. The average Bonchev–Trinajstić information content (AvgIpc) is 2.82. The van der Waals surface area contributed by atoms with E-state index >= 15 is 0 Å². The molecule has 4 aromatic rings. The summed E-state index contributed by atoms with van der Waals surface area (Å²) in [7, 11) is 1.60. The highest BCUT2D eigenvalue weighted by molar-refractivity contribution is 9.10. The molecular formula is C25H17Br2NO4. The molecule has 0 fully saturated rings. The van der Waals surface area contributed by atoms with Crippen LogP contribution >= 0.6 is 31.9 Å². The van der Waals surface area contributed by atoms with Crippen molar-refractivity contribution >= 4 is 54.5 Å². The van der Waals surface area contributed by atoms with Gasteiger partial charge in [-0.25, -0.2) is 9.78 Å². The maximum Gasteiger partial charge on any atom is 0.339 e. The van der Waals surface area contributed by atoms with Gasteiger partial charge in [0.2, 0.25) is 0 Å². The summed E-state index contributed by atoms with van der Waals surface area (Å²) in [6, 6.07) is 21.5. The quantitative estimate of drug-likeness (QED) is 0.202. The molecule has 0 saturated heterocycles. The van der Waals surface area contributed by atoms with Crippen LogP contribution in [0.5, 0.6) is 5.75 Å². The number of esters is 1. The Balaban J connectivity index is 1.66. The first-order valence-corrected chi connectivity index (χ1v) is 11.2. The second-order valence-electron chi connectivity index (χ2n) is 6.95. The van der Waals surface area contributed by atoms with Crippen molar-refractivity contribution in [3.8, 4) is 17.0 Å². The van der Waals surface area contributed by atoms with Gasteiger partial charge in [-0.2, -0.15) is 0 Å². The number of nitrogens with zero attached hydrogens (tertiary/aromatic N) is 1. The third-order valence-corrected chi connectivity index (χ3v) is 5.90. The number of methoxy groups -OCH3 is 1. The average molecular weight is 555 g/mol. The van der Waals surface area contributed by atoms with Crippen LogP contribution in [0.4, 0.5) is 0 Å². The molecule has 0 spiro atoms. The molecule has 0 aliphatic heterocycles. The molecule has 0 aliphatic rings. The van der Waals surface area contributed by atoms with E-state index < -0.39 is 5.97 Å². The number of Topliss-reactive ketones (excluding diaryl/α,β-unsaturated/α-hetero) is 1. The van der Waals surface area contributed by atoms with Gasteiger partial charge in [0.05, 0.1) is 23.9 Å². The van der Waals surface area contributed by atoms with E-state index in [-0.39, 0.29) is 12.4 Å². The first-order valence-electron chi connectivity index (χ1n) is 9.65. The number of halogens is 2. The Labute approximate surface area is 201 Å². The Morgan fingerprint density at radius 3 is 2.25 bits per heavy atom. The lowest BCUT2D eigenvalue weighted by Crippen LogP contribution is -2.15. The highest BCUT2D eigenvalue weighted by Gasteiger charge is 2.18.